The van der Waals surface area contributed by atoms with Crippen LogP contribution in [0.3, 0.4) is 0 Å². The van der Waals surface area contributed by atoms with E-state index in [0.29, 0.717) is 37.2 Å². The van der Waals surface area contributed by atoms with E-state index in [1.165, 1.54) is 7.05 Å². The molecule has 1 saturated heterocycles. The number of alkyl halides is 3. The Morgan fingerprint density at radius 3 is 2.29 bits per heavy atom. The maximum absolute atomic E-state index is 13.8. The third kappa shape index (κ3) is 6.82. The van der Waals surface area contributed by atoms with Crippen LogP contribution in [0.4, 0.5) is 35.4 Å². The number of nitrogens with zero attached hydrogens (tertiary/aromatic N) is 4. The predicted octanol–water partition coefficient (Wildman–Crippen LogP) is 3.28. The van der Waals surface area contributed by atoms with Crippen molar-refractivity contribution in [3.05, 3.63) is 41.6 Å². The van der Waals surface area contributed by atoms with Crippen molar-refractivity contribution >= 4 is 29.4 Å². The monoisotopic (exact) mass is 534 g/mol. The number of aromatic nitrogens is 2. The fourth-order valence-electron chi connectivity index (χ4n) is 4.67. The molecule has 10 nitrogen and oxygen atoms in total. The maximum Gasteiger partial charge on any atom is 0.421 e. The molecule has 13 heteroatoms. The average molecular weight is 535 g/mol. The minimum absolute atomic E-state index is 0.0229. The molecule has 4 N–H and O–H groups in total. The largest absolute Gasteiger partial charge is 0.421 e. The summed E-state index contributed by atoms with van der Waals surface area (Å²) in [6, 6.07) is 5.52. The highest BCUT2D eigenvalue weighted by atomic mass is 19.4. The van der Waals surface area contributed by atoms with Crippen molar-refractivity contribution in [3.63, 3.8) is 0 Å². The highest BCUT2D eigenvalue weighted by Crippen LogP contribution is 2.35. The zero-order valence-electron chi connectivity index (χ0n) is 21.4. The molecule has 0 spiro atoms. The number of likely N-dealkylation sites (N-methyl/N-ethyl adjacent to an activating group) is 1. The molecule has 38 heavy (non-hydrogen) atoms. The van der Waals surface area contributed by atoms with Gasteiger partial charge in [0.1, 0.15) is 11.4 Å². The molecule has 2 heterocycles. The highest BCUT2D eigenvalue weighted by Gasteiger charge is 2.37. The van der Waals surface area contributed by atoms with E-state index in [1.807, 2.05) is 7.05 Å². The molecule has 1 aromatic carbocycles. The fraction of sp³-hybridized carbons (Fsp3) is 0.520. The van der Waals surface area contributed by atoms with Gasteiger partial charge in [-0.25, -0.2) is 9.78 Å². The van der Waals surface area contributed by atoms with Crippen LogP contribution in [0, 0.1) is 0 Å². The summed E-state index contributed by atoms with van der Waals surface area (Å²) in [6.45, 7) is 2.95. The average Bonchev–Trinajstić information content (AvgIpc) is 2.89. The molecule has 206 valence electrons. The summed E-state index contributed by atoms with van der Waals surface area (Å²) >= 11 is 0. The SMILES string of the molecule is CNC(=O)N[C@H]1CCCC[C@@H]1Nc1nc(Nc2ccc(C(=O)N3CCN(C)CC3)cc2)ncc1C(F)(F)F. The van der Waals surface area contributed by atoms with Crippen molar-refractivity contribution in [3.8, 4) is 0 Å². The first-order valence-corrected chi connectivity index (χ1v) is 12.7. The van der Waals surface area contributed by atoms with E-state index in [4.69, 9.17) is 0 Å². The minimum atomic E-state index is -4.66. The number of rotatable bonds is 6. The Morgan fingerprint density at radius 2 is 1.66 bits per heavy atom. The number of nitrogens with one attached hydrogen (secondary N) is 4. The van der Waals surface area contributed by atoms with Crippen LogP contribution in [0.5, 0.6) is 0 Å². The molecule has 0 radical (unpaired) electrons. The summed E-state index contributed by atoms with van der Waals surface area (Å²) < 4.78 is 41.3. The molecule has 2 aliphatic rings. The fourth-order valence-corrected chi connectivity index (χ4v) is 4.67. The van der Waals surface area contributed by atoms with E-state index < -0.39 is 17.8 Å². The zero-order chi connectivity index (χ0) is 27.3. The lowest BCUT2D eigenvalue weighted by Crippen LogP contribution is -2.51. The molecule has 1 saturated carbocycles. The van der Waals surface area contributed by atoms with Gasteiger partial charge in [0.15, 0.2) is 0 Å². The number of hydrogen-bond donors (Lipinski definition) is 4. The Morgan fingerprint density at radius 1 is 1.00 bits per heavy atom. The van der Waals surface area contributed by atoms with E-state index >= 15 is 0 Å². The van der Waals surface area contributed by atoms with Crippen LogP contribution in [0.25, 0.3) is 0 Å². The lowest BCUT2D eigenvalue weighted by Gasteiger charge is -2.33. The van der Waals surface area contributed by atoms with Crippen molar-refractivity contribution in [1.82, 2.24) is 30.4 Å². The van der Waals surface area contributed by atoms with Gasteiger partial charge in [-0.3, -0.25) is 4.79 Å². The van der Waals surface area contributed by atoms with Crippen molar-refractivity contribution < 1.29 is 22.8 Å². The van der Waals surface area contributed by atoms with Gasteiger partial charge in [-0.1, -0.05) is 12.8 Å². The van der Waals surface area contributed by atoms with Gasteiger partial charge in [0.2, 0.25) is 5.95 Å². The number of carbonyl (C=O) groups is 2. The Labute approximate surface area is 219 Å². The van der Waals surface area contributed by atoms with Gasteiger partial charge in [-0.05, 0) is 44.2 Å². The molecule has 2 fully saturated rings. The van der Waals surface area contributed by atoms with Crippen LogP contribution < -0.4 is 21.3 Å². The molecular weight excluding hydrogens is 501 g/mol. The number of urea groups is 1. The highest BCUT2D eigenvalue weighted by molar-refractivity contribution is 5.94. The third-order valence-electron chi connectivity index (χ3n) is 6.90. The van der Waals surface area contributed by atoms with Gasteiger partial charge in [-0.2, -0.15) is 18.2 Å². The lowest BCUT2D eigenvalue weighted by molar-refractivity contribution is -0.137. The van der Waals surface area contributed by atoms with Crippen molar-refractivity contribution in [2.45, 2.75) is 43.9 Å². The zero-order valence-corrected chi connectivity index (χ0v) is 21.4. The van der Waals surface area contributed by atoms with Crippen LogP contribution >= 0.6 is 0 Å². The first-order chi connectivity index (χ1) is 18.1. The van der Waals surface area contributed by atoms with Crippen molar-refractivity contribution in [2.24, 2.45) is 0 Å². The Bertz CT molecular complexity index is 1120. The van der Waals surface area contributed by atoms with E-state index in [2.05, 4.69) is 36.1 Å². The van der Waals surface area contributed by atoms with E-state index in [-0.39, 0.29) is 29.7 Å². The van der Waals surface area contributed by atoms with Gasteiger partial charge in [0.25, 0.3) is 5.91 Å². The summed E-state index contributed by atoms with van der Waals surface area (Å²) in [6.07, 6.45) is -1.01. The Hall–Kier alpha value is -3.61. The number of hydrogen-bond acceptors (Lipinski definition) is 7. The normalized spacial score (nSPS) is 20.5. The number of carbonyl (C=O) groups excluding carboxylic acids is 2. The van der Waals surface area contributed by atoms with Crippen molar-refractivity contribution in [1.29, 1.82) is 0 Å². The smallest absolute Gasteiger partial charge is 0.365 e. The van der Waals surface area contributed by atoms with E-state index in [1.54, 1.807) is 29.2 Å². The molecular formula is C25H33F3N8O2. The molecule has 3 amide bonds. The number of anilines is 3. The quantitative estimate of drug-likeness (QED) is 0.450. The molecule has 2 atom stereocenters. The second kappa shape index (κ2) is 11.8. The van der Waals surface area contributed by atoms with Crippen LogP contribution in [-0.2, 0) is 6.18 Å². The number of halogens is 3. The topological polar surface area (TPSA) is 115 Å². The molecule has 2 aromatic rings. The van der Waals surface area contributed by atoms with E-state index in [9.17, 15) is 22.8 Å². The van der Waals surface area contributed by atoms with Gasteiger partial charge in [0.05, 0.1) is 6.04 Å². The van der Waals surface area contributed by atoms with Gasteiger partial charge in [0, 0.05) is 56.7 Å². The lowest BCUT2D eigenvalue weighted by atomic mass is 9.90. The standard InChI is InChI=1S/C25H33F3N8O2/c1-29-24(38)33-20-6-4-3-5-19(20)32-21-18(25(26,27)28)15-30-23(34-21)31-17-9-7-16(8-10-17)22(37)36-13-11-35(2)12-14-36/h7-10,15,19-20H,3-6,11-14H2,1-2H3,(H2,29,33,38)(H2,30,31,32,34)/t19-,20-/m0/s1. The van der Waals surface area contributed by atoms with Crippen LogP contribution in [0.2, 0.25) is 0 Å². The van der Waals surface area contributed by atoms with Crippen LogP contribution in [0.1, 0.15) is 41.6 Å². The van der Waals surface area contributed by atoms with Crippen molar-refractivity contribution in [2.75, 3.05) is 50.9 Å². The van der Waals surface area contributed by atoms with E-state index in [0.717, 1.165) is 32.1 Å². The molecule has 1 aliphatic heterocycles. The first kappa shape index (κ1) is 27.4. The molecule has 1 aromatic heterocycles. The number of benzene rings is 1. The predicted molar refractivity (Wildman–Crippen MR) is 137 cm³/mol. The van der Waals surface area contributed by atoms with Crippen LogP contribution in [0.15, 0.2) is 30.5 Å². The first-order valence-electron chi connectivity index (χ1n) is 12.7. The minimum Gasteiger partial charge on any atom is -0.365 e. The number of piperazine rings is 1. The molecule has 1 aliphatic carbocycles. The Balaban J connectivity index is 1.49. The molecule has 4 rings (SSSR count). The second-order valence-corrected chi connectivity index (χ2v) is 9.62. The van der Waals surface area contributed by atoms with Gasteiger partial charge >= 0.3 is 12.2 Å². The maximum atomic E-state index is 13.8. The summed E-state index contributed by atoms with van der Waals surface area (Å²) in [4.78, 5) is 36.6. The van der Waals surface area contributed by atoms with Gasteiger partial charge < -0.3 is 31.1 Å². The summed E-state index contributed by atoms with van der Waals surface area (Å²) in [5.41, 5.74) is 0.0747. The van der Waals surface area contributed by atoms with Gasteiger partial charge in [-0.15, -0.1) is 0 Å². The summed E-state index contributed by atoms with van der Waals surface area (Å²) in [7, 11) is 3.50. The second-order valence-electron chi connectivity index (χ2n) is 9.62. The van der Waals surface area contributed by atoms with Crippen LogP contribution in [-0.4, -0.2) is 84.1 Å². The summed E-state index contributed by atoms with van der Waals surface area (Å²) in [5, 5.41) is 11.1. The number of amides is 3. The molecule has 0 unspecified atom stereocenters. The molecule has 0 bridgehead atoms. The third-order valence-corrected chi connectivity index (χ3v) is 6.90. The summed E-state index contributed by atoms with van der Waals surface area (Å²) in [5.74, 6) is -0.438. The Kier molecular flexibility index (Phi) is 8.55.